The molecule has 0 atom stereocenters. The van der Waals surface area contributed by atoms with Crippen LogP contribution in [0.5, 0.6) is 0 Å². The van der Waals surface area contributed by atoms with Gasteiger partial charge < -0.3 is 14.4 Å². The van der Waals surface area contributed by atoms with Crippen LogP contribution in [-0.2, 0) is 9.47 Å². The number of amides is 1. The van der Waals surface area contributed by atoms with Gasteiger partial charge in [-0.2, -0.15) is 0 Å². The lowest BCUT2D eigenvalue weighted by Gasteiger charge is -2.27. The van der Waals surface area contributed by atoms with Crippen molar-refractivity contribution < 1.29 is 19.1 Å². The highest BCUT2D eigenvalue weighted by atomic mass is 16.5. The second kappa shape index (κ2) is 7.92. The Bertz CT molecular complexity index is 824. The summed E-state index contributed by atoms with van der Waals surface area (Å²) in [6, 6.07) is 14.8. The predicted molar refractivity (Wildman–Crippen MR) is 104 cm³/mol. The maximum atomic E-state index is 12.9. The van der Waals surface area contributed by atoms with Crippen LogP contribution >= 0.6 is 0 Å². The number of ether oxygens (including phenoxy) is 2. The number of esters is 1. The molecule has 1 aliphatic carbocycles. The van der Waals surface area contributed by atoms with Crippen LogP contribution in [0, 0.1) is 0 Å². The van der Waals surface area contributed by atoms with Crippen molar-refractivity contribution in [1.29, 1.82) is 0 Å². The number of benzene rings is 2. The van der Waals surface area contributed by atoms with Crippen molar-refractivity contribution in [2.75, 3.05) is 27.4 Å². The Morgan fingerprint density at radius 1 is 1.04 bits per heavy atom. The van der Waals surface area contributed by atoms with E-state index in [1.54, 1.807) is 31.1 Å². The van der Waals surface area contributed by atoms with Crippen LogP contribution in [0.3, 0.4) is 0 Å². The molecule has 1 fully saturated rings. The van der Waals surface area contributed by atoms with Crippen molar-refractivity contribution in [3.05, 3.63) is 59.7 Å². The molecule has 2 aromatic carbocycles. The molecule has 0 radical (unpaired) electrons. The second-order valence-electron chi connectivity index (χ2n) is 6.90. The van der Waals surface area contributed by atoms with Gasteiger partial charge in [0.25, 0.3) is 5.91 Å². The minimum Gasteiger partial charge on any atom is -0.462 e. The van der Waals surface area contributed by atoms with Crippen LogP contribution < -0.4 is 0 Å². The summed E-state index contributed by atoms with van der Waals surface area (Å²) in [4.78, 5) is 26.5. The lowest BCUT2D eigenvalue weighted by molar-refractivity contribution is 0.0524. The first kappa shape index (κ1) is 19.1. The molecule has 0 N–H and O–H groups in total. The molecule has 1 saturated carbocycles. The standard InChI is InChI=1S/C22H25NO4/c1-4-27-21(25)17-10-8-16(9-11-17)18-6-5-7-19(14-18)20(24)23(2)22(12-13-22)15-26-3/h5-11,14H,4,12-13,15H2,1-3H3. The molecular weight excluding hydrogens is 342 g/mol. The Labute approximate surface area is 159 Å². The molecule has 0 unspecified atom stereocenters. The van der Waals surface area contributed by atoms with E-state index in [9.17, 15) is 9.59 Å². The van der Waals surface area contributed by atoms with Gasteiger partial charge in [0.15, 0.2) is 0 Å². The van der Waals surface area contributed by atoms with Gasteiger partial charge in [0.05, 0.1) is 24.3 Å². The Balaban J connectivity index is 1.79. The Morgan fingerprint density at radius 2 is 1.74 bits per heavy atom. The fourth-order valence-electron chi connectivity index (χ4n) is 3.24. The molecule has 0 aromatic heterocycles. The maximum Gasteiger partial charge on any atom is 0.338 e. The fourth-order valence-corrected chi connectivity index (χ4v) is 3.24. The van der Waals surface area contributed by atoms with Gasteiger partial charge >= 0.3 is 5.97 Å². The van der Waals surface area contributed by atoms with Crippen LogP contribution in [0.15, 0.2) is 48.5 Å². The number of hydrogen-bond acceptors (Lipinski definition) is 4. The van der Waals surface area contributed by atoms with Crippen LogP contribution in [-0.4, -0.2) is 49.7 Å². The second-order valence-corrected chi connectivity index (χ2v) is 6.90. The molecule has 0 saturated heterocycles. The smallest absolute Gasteiger partial charge is 0.338 e. The zero-order chi connectivity index (χ0) is 19.4. The summed E-state index contributed by atoms with van der Waals surface area (Å²) in [5.41, 5.74) is 2.87. The van der Waals surface area contributed by atoms with Crippen molar-refractivity contribution in [1.82, 2.24) is 4.90 Å². The third-order valence-electron chi connectivity index (χ3n) is 5.10. The van der Waals surface area contributed by atoms with Gasteiger partial charge in [0.2, 0.25) is 0 Å². The summed E-state index contributed by atoms with van der Waals surface area (Å²) in [7, 11) is 3.51. The van der Waals surface area contributed by atoms with Gasteiger partial charge in [-0.1, -0.05) is 24.3 Å². The molecule has 0 aliphatic heterocycles. The lowest BCUT2D eigenvalue weighted by Crippen LogP contribution is -2.42. The number of likely N-dealkylation sites (N-methyl/N-ethyl adjacent to an activating group) is 1. The van der Waals surface area contributed by atoms with Gasteiger partial charge in [-0.3, -0.25) is 4.79 Å². The SMILES string of the molecule is CCOC(=O)c1ccc(-c2cccc(C(=O)N(C)C3(COC)CC3)c2)cc1. The summed E-state index contributed by atoms with van der Waals surface area (Å²) in [6.07, 6.45) is 1.94. The first-order chi connectivity index (χ1) is 13.0. The fraction of sp³-hybridized carbons (Fsp3) is 0.364. The van der Waals surface area contributed by atoms with Crippen molar-refractivity contribution in [2.45, 2.75) is 25.3 Å². The van der Waals surface area contributed by atoms with Crippen molar-refractivity contribution in [3.8, 4) is 11.1 Å². The molecule has 0 bridgehead atoms. The summed E-state index contributed by atoms with van der Waals surface area (Å²) in [5, 5.41) is 0. The summed E-state index contributed by atoms with van der Waals surface area (Å²) >= 11 is 0. The predicted octanol–water partition coefficient (Wildman–Crippen LogP) is 3.78. The highest BCUT2D eigenvalue weighted by Gasteiger charge is 2.48. The van der Waals surface area contributed by atoms with E-state index in [-0.39, 0.29) is 17.4 Å². The molecule has 3 rings (SSSR count). The number of hydrogen-bond donors (Lipinski definition) is 0. The number of nitrogens with zero attached hydrogens (tertiary/aromatic N) is 1. The highest BCUT2D eigenvalue weighted by Crippen LogP contribution is 2.41. The van der Waals surface area contributed by atoms with E-state index in [0.717, 1.165) is 24.0 Å². The summed E-state index contributed by atoms with van der Waals surface area (Å²) in [6.45, 7) is 2.69. The molecule has 0 heterocycles. The van der Waals surface area contributed by atoms with E-state index in [2.05, 4.69) is 0 Å². The molecule has 5 heteroatoms. The molecule has 27 heavy (non-hydrogen) atoms. The Kier molecular flexibility index (Phi) is 5.61. The van der Waals surface area contributed by atoms with Crippen molar-refractivity contribution in [2.24, 2.45) is 0 Å². The van der Waals surface area contributed by atoms with Crippen LogP contribution in [0.25, 0.3) is 11.1 Å². The van der Waals surface area contributed by atoms with Crippen molar-refractivity contribution >= 4 is 11.9 Å². The number of carbonyl (C=O) groups excluding carboxylic acids is 2. The van der Waals surface area contributed by atoms with Crippen molar-refractivity contribution in [3.63, 3.8) is 0 Å². The van der Waals surface area contributed by atoms with Crippen LogP contribution in [0.2, 0.25) is 0 Å². The molecule has 142 valence electrons. The van der Waals surface area contributed by atoms with Crippen LogP contribution in [0.4, 0.5) is 0 Å². The monoisotopic (exact) mass is 367 g/mol. The van der Waals surface area contributed by atoms with E-state index in [0.29, 0.717) is 24.3 Å². The number of rotatable bonds is 7. The number of methoxy groups -OCH3 is 1. The molecule has 0 spiro atoms. The lowest BCUT2D eigenvalue weighted by atomic mass is 10.0. The van der Waals surface area contributed by atoms with E-state index in [1.807, 2.05) is 43.4 Å². The van der Waals surface area contributed by atoms with Gasteiger partial charge in [-0.15, -0.1) is 0 Å². The molecule has 1 amide bonds. The third-order valence-corrected chi connectivity index (χ3v) is 5.10. The summed E-state index contributed by atoms with van der Waals surface area (Å²) < 4.78 is 10.3. The Hall–Kier alpha value is -2.66. The van der Waals surface area contributed by atoms with E-state index < -0.39 is 0 Å². The quantitative estimate of drug-likeness (QED) is 0.699. The molecular formula is C22H25NO4. The number of carbonyl (C=O) groups is 2. The largest absolute Gasteiger partial charge is 0.462 e. The van der Waals surface area contributed by atoms with E-state index in [4.69, 9.17) is 9.47 Å². The van der Waals surface area contributed by atoms with Gasteiger partial charge in [-0.25, -0.2) is 4.79 Å². The van der Waals surface area contributed by atoms with Gasteiger partial charge in [0.1, 0.15) is 0 Å². The third kappa shape index (κ3) is 4.03. The zero-order valence-electron chi connectivity index (χ0n) is 16.0. The molecule has 1 aliphatic rings. The minimum atomic E-state index is -0.331. The maximum absolute atomic E-state index is 12.9. The van der Waals surface area contributed by atoms with Crippen LogP contribution in [0.1, 0.15) is 40.5 Å². The topological polar surface area (TPSA) is 55.8 Å². The average molecular weight is 367 g/mol. The van der Waals surface area contributed by atoms with Gasteiger partial charge in [-0.05, 0) is 55.2 Å². The molecule has 2 aromatic rings. The van der Waals surface area contributed by atoms with E-state index >= 15 is 0 Å². The Morgan fingerprint density at radius 3 is 2.33 bits per heavy atom. The molecule has 5 nitrogen and oxygen atoms in total. The van der Waals surface area contributed by atoms with E-state index in [1.165, 1.54) is 0 Å². The first-order valence-electron chi connectivity index (χ1n) is 9.15. The average Bonchev–Trinajstić information content (AvgIpc) is 3.48. The summed E-state index contributed by atoms with van der Waals surface area (Å²) in [5.74, 6) is -0.336. The minimum absolute atomic E-state index is 0.00505. The zero-order valence-corrected chi connectivity index (χ0v) is 16.0. The highest BCUT2D eigenvalue weighted by molar-refractivity contribution is 5.96. The first-order valence-corrected chi connectivity index (χ1v) is 9.15. The van der Waals surface area contributed by atoms with Gasteiger partial charge in [0, 0.05) is 19.7 Å². The normalized spacial score (nSPS) is 14.5.